The molecule has 1 amide bonds. The molecule has 5 heteroatoms. The van der Waals surface area contributed by atoms with Crippen LogP contribution in [0.25, 0.3) is 0 Å². The maximum atomic E-state index is 11.7. The van der Waals surface area contributed by atoms with Gasteiger partial charge in [0.25, 0.3) is 5.91 Å². The normalized spacial score (nSPS) is 12.4. The van der Waals surface area contributed by atoms with Gasteiger partial charge in [0.05, 0.1) is 0 Å². The van der Waals surface area contributed by atoms with Gasteiger partial charge in [0.2, 0.25) is 0 Å². The molecule has 0 saturated heterocycles. The van der Waals surface area contributed by atoms with Crippen molar-refractivity contribution >= 4 is 28.6 Å². The molecule has 0 radical (unpaired) electrons. The minimum absolute atomic E-state index is 0.139. The van der Waals surface area contributed by atoms with E-state index >= 15 is 0 Å². The van der Waals surface area contributed by atoms with Crippen LogP contribution in [0, 0.1) is 6.92 Å². The highest BCUT2D eigenvalue weighted by molar-refractivity contribution is 7.10. The Morgan fingerprint density at radius 2 is 2.29 bits per heavy atom. The minimum Gasteiger partial charge on any atom is -0.386 e. The molecule has 0 aliphatic heterocycles. The summed E-state index contributed by atoms with van der Waals surface area (Å²) in [4.78, 5) is 12.6. The Morgan fingerprint density at radius 1 is 1.47 bits per heavy atom. The summed E-state index contributed by atoms with van der Waals surface area (Å²) in [6.07, 6.45) is -0.627. The van der Waals surface area contributed by atoms with Gasteiger partial charge in [-0.05, 0) is 35.4 Å². The number of aliphatic hydroxyl groups excluding tert-OH is 1. The van der Waals surface area contributed by atoms with Crippen LogP contribution in [0.1, 0.15) is 26.9 Å². The average molecular weight is 267 g/mol. The summed E-state index contributed by atoms with van der Waals surface area (Å²) in [5.41, 5.74) is 1.71. The van der Waals surface area contributed by atoms with Gasteiger partial charge >= 0.3 is 0 Å². The summed E-state index contributed by atoms with van der Waals surface area (Å²) >= 11 is 2.99. The monoisotopic (exact) mass is 267 g/mol. The summed E-state index contributed by atoms with van der Waals surface area (Å²) in [6.45, 7) is 2.20. The lowest BCUT2D eigenvalue weighted by Crippen LogP contribution is -2.27. The lowest BCUT2D eigenvalue weighted by Gasteiger charge is -2.11. The van der Waals surface area contributed by atoms with Crippen LogP contribution in [0.15, 0.2) is 28.3 Å². The van der Waals surface area contributed by atoms with Crippen molar-refractivity contribution in [2.75, 3.05) is 6.54 Å². The Bertz CT molecular complexity index is 490. The number of hydrogen-bond acceptors (Lipinski definition) is 4. The van der Waals surface area contributed by atoms with Crippen LogP contribution in [0.5, 0.6) is 0 Å². The fourth-order valence-electron chi connectivity index (χ4n) is 1.50. The SMILES string of the molecule is Cc1ccsc1C(O)CNC(=O)c1ccsc1. The molecule has 0 bridgehead atoms. The van der Waals surface area contributed by atoms with E-state index in [0.717, 1.165) is 10.4 Å². The molecule has 1 atom stereocenters. The van der Waals surface area contributed by atoms with Crippen molar-refractivity contribution in [1.82, 2.24) is 5.32 Å². The third-order valence-corrected chi connectivity index (χ3v) is 4.25. The Kier molecular flexibility index (Phi) is 3.93. The highest BCUT2D eigenvalue weighted by Crippen LogP contribution is 2.23. The predicted octanol–water partition coefficient (Wildman–Crippen LogP) is 2.58. The number of carbonyl (C=O) groups is 1. The number of nitrogens with one attached hydrogen (secondary N) is 1. The molecule has 0 saturated carbocycles. The number of carbonyl (C=O) groups excluding carboxylic acids is 1. The lowest BCUT2D eigenvalue weighted by molar-refractivity contribution is 0.0918. The second-order valence-corrected chi connectivity index (χ2v) is 5.43. The van der Waals surface area contributed by atoms with E-state index in [1.807, 2.05) is 23.8 Å². The molecule has 2 aromatic heterocycles. The average Bonchev–Trinajstić information content (AvgIpc) is 2.95. The molecule has 1 unspecified atom stereocenters. The Balaban J connectivity index is 1.91. The van der Waals surface area contributed by atoms with E-state index in [2.05, 4.69) is 5.32 Å². The molecule has 17 heavy (non-hydrogen) atoms. The molecule has 0 spiro atoms. The largest absolute Gasteiger partial charge is 0.386 e. The van der Waals surface area contributed by atoms with Gasteiger partial charge in [-0.3, -0.25) is 4.79 Å². The molecule has 0 aliphatic carbocycles. The van der Waals surface area contributed by atoms with Gasteiger partial charge in [-0.15, -0.1) is 11.3 Å². The maximum absolute atomic E-state index is 11.7. The maximum Gasteiger partial charge on any atom is 0.252 e. The first-order valence-electron chi connectivity index (χ1n) is 5.21. The van der Waals surface area contributed by atoms with E-state index in [1.54, 1.807) is 11.4 Å². The van der Waals surface area contributed by atoms with Crippen molar-refractivity contribution in [3.63, 3.8) is 0 Å². The molecule has 2 heterocycles. The Labute approximate surface area is 108 Å². The van der Waals surface area contributed by atoms with Gasteiger partial charge in [-0.2, -0.15) is 11.3 Å². The summed E-state index contributed by atoms with van der Waals surface area (Å²) in [5.74, 6) is -0.139. The molecule has 2 N–H and O–H groups in total. The van der Waals surface area contributed by atoms with Crippen molar-refractivity contribution in [2.24, 2.45) is 0 Å². The van der Waals surface area contributed by atoms with E-state index in [9.17, 15) is 9.90 Å². The first kappa shape index (κ1) is 12.3. The van der Waals surface area contributed by atoms with Crippen LogP contribution in [-0.4, -0.2) is 17.6 Å². The molecule has 0 aliphatic rings. The van der Waals surface area contributed by atoms with E-state index in [0.29, 0.717) is 5.56 Å². The van der Waals surface area contributed by atoms with Gasteiger partial charge in [-0.1, -0.05) is 0 Å². The molecular formula is C12H13NO2S2. The highest BCUT2D eigenvalue weighted by atomic mass is 32.1. The van der Waals surface area contributed by atoms with Crippen LogP contribution < -0.4 is 5.32 Å². The molecular weight excluding hydrogens is 254 g/mol. The number of amides is 1. The number of rotatable bonds is 4. The Hall–Kier alpha value is -1.17. The predicted molar refractivity (Wildman–Crippen MR) is 70.7 cm³/mol. The zero-order valence-corrected chi connectivity index (χ0v) is 11.0. The molecule has 2 aromatic rings. The van der Waals surface area contributed by atoms with Crippen LogP contribution in [-0.2, 0) is 0 Å². The molecule has 0 fully saturated rings. The smallest absolute Gasteiger partial charge is 0.252 e. The lowest BCUT2D eigenvalue weighted by atomic mass is 10.2. The van der Waals surface area contributed by atoms with E-state index < -0.39 is 6.10 Å². The highest BCUT2D eigenvalue weighted by Gasteiger charge is 2.13. The van der Waals surface area contributed by atoms with E-state index in [4.69, 9.17) is 0 Å². The van der Waals surface area contributed by atoms with Gasteiger partial charge in [0.15, 0.2) is 0 Å². The summed E-state index contributed by atoms with van der Waals surface area (Å²) in [7, 11) is 0. The third-order valence-electron chi connectivity index (χ3n) is 2.44. The van der Waals surface area contributed by atoms with Gasteiger partial charge < -0.3 is 10.4 Å². The third kappa shape index (κ3) is 2.94. The number of aliphatic hydroxyl groups is 1. The number of thiophene rings is 2. The zero-order valence-electron chi connectivity index (χ0n) is 9.34. The van der Waals surface area contributed by atoms with E-state index in [-0.39, 0.29) is 12.5 Å². The van der Waals surface area contributed by atoms with Crippen LogP contribution >= 0.6 is 22.7 Å². The Morgan fingerprint density at radius 3 is 2.88 bits per heavy atom. The molecule has 90 valence electrons. The number of aryl methyl sites for hydroxylation is 1. The zero-order chi connectivity index (χ0) is 12.3. The van der Waals surface area contributed by atoms with Crippen molar-refractivity contribution in [2.45, 2.75) is 13.0 Å². The van der Waals surface area contributed by atoms with Crippen LogP contribution in [0.3, 0.4) is 0 Å². The van der Waals surface area contributed by atoms with Crippen molar-refractivity contribution in [3.8, 4) is 0 Å². The first-order valence-corrected chi connectivity index (χ1v) is 7.03. The quantitative estimate of drug-likeness (QED) is 0.894. The standard InChI is InChI=1S/C12H13NO2S2/c1-8-2-5-17-11(8)10(14)6-13-12(15)9-3-4-16-7-9/h2-5,7,10,14H,6H2,1H3,(H,13,15). The van der Waals surface area contributed by atoms with Crippen LogP contribution in [0.4, 0.5) is 0 Å². The summed E-state index contributed by atoms with van der Waals surface area (Å²) in [6, 6.07) is 3.73. The van der Waals surface area contributed by atoms with Crippen molar-refractivity contribution in [1.29, 1.82) is 0 Å². The second-order valence-electron chi connectivity index (χ2n) is 3.71. The van der Waals surface area contributed by atoms with Gasteiger partial charge in [-0.25, -0.2) is 0 Å². The molecule has 0 aromatic carbocycles. The van der Waals surface area contributed by atoms with Crippen LogP contribution in [0.2, 0.25) is 0 Å². The van der Waals surface area contributed by atoms with Gasteiger partial charge in [0, 0.05) is 22.4 Å². The summed E-state index contributed by atoms with van der Waals surface area (Å²) < 4.78 is 0. The molecule has 2 rings (SSSR count). The van der Waals surface area contributed by atoms with Crippen molar-refractivity contribution < 1.29 is 9.90 Å². The van der Waals surface area contributed by atoms with Gasteiger partial charge in [0.1, 0.15) is 6.10 Å². The first-order chi connectivity index (χ1) is 8.18. The second kappa shape index (κ2) is 5.44. The minimum atomic E-state index is -0.627. The van der Waals surface area contributed by atoms with Crippen molar-refractivity contribution in [3.05, 3.63) is 44.3 Å². The summed E-state index contributed by atoms with van der Waals surface area (Å²) in [5, 5.41) is 18.2. The fraction of sp³-hybridized carbons (Fsp3) is 0.250. The number of hydrogen-bond donors (Lipinski definition) is 2. The topological polar surface area (TPSA) is 49.3 Å². The fourth-order valence-corrected chi connectivity index (χ4v) is 3.05. The van der Waals surface area contributed by atoms with E-state index in [1.165, 1.54) is 22.7 Å². The molecule has 3 nitrogen and oxygen atoms in total.